The molecule has 9 heteroatoms. The van der Waals surface area contributed by atoms with Crippen LogP contribution >= 0.6 is 0 Å². The van der Waals surface area contributed by atoms with Crippen LogP contribution in [0.2, 0.25) is 0 Å². The highest BCUT2D eigenvalue weighted by Crippen LogP contribution is 2.22. The van der Waals surface area contributed by atoms with Crippen molar-refractivity contribution in [1.82, 2.24) is 0 Å². The predicted molar refractivity (Wildman–Crippen MR) is 91.2 cm³/mol. The van der Waals surface area contributed by atoms with Gasteiger partial charge in [-0.3, -0.25) is 14.9 Å². The van der Waals surface area contributed by atoms with Crippen LogP contribution in [0.1, 0.15) is 27.2 Å². The zero-order valence-corrected chi connectivity index (χ0v) is 14.3. The standard InChI is InChI=1S/C17H16N2O7/c1-9-4-5-12(7-13(9)19(23)24)18-14(20)8-25-17(22)16-10(2)6-15(21)26-11(16)3/h4-7H,8H2,1-3H3,(H,18,20). The van der Waals surface area contributed by atoms with Gasteiger partial charge in [-0.15, -0.1) is 0 Å². The van der Waals surface area contributed by atoms with Crippen LogP contribution in [0.5, 0.6) is 0 Å². The van der Waals surface area contributed by atoms with Gasteiger partial charge in [0.15, 0.2) is 6.61 Å². The number of carbonyl (C=O) groups excluding carboxylic acids is 2. The van der Waals surface area contributed by atoms with E-state index in [4.69, 9.17) is 9.15 Å². The fraction of sp³-hybridized carbons (Fsp3) is 0.235. The summed E-state index contributed by atoms with van der Waals surface area (Å²) in [4.78, 5) is 45.6. The molecule has 1 amide bonds. The minimum Gasteiger partial charge on any atom is -0.452 e. The van der Waals surface area contributed by atoms with Crippen LogP contribution in [0, 0.1) is 30.9 Å². The number of esters is 1. The van der Waals surface area contributed by atoms with E-state index in [1.54, 1.807) is 13.8 Å². The number of hydrogen-bond donors (Lipinski definition) is 1. The maximum Gasteiger partial charge on any atom is 0.342 e. The van der Waals surface area contributed by atoms with Gasteiger partial charge in [0.25, 0.3) is 11.6 Å². The summed E-state index contributed by atoms with van der Waals surface area (Å²) in [6, 6.07) is 5.37. The first-order chi connectivity index (χ1) is 12.2. The molecule has 0 bridgehead atoms. The van der Waals surface area contributed by atoms with Crippen LogP contribution < -0.4 is 10.9 Å². The van der Waals surface area contributed by atoms with Gasteiger partial charge in [-0.2, -0.15) is 0 Å². The number of nitrogens with zero attached hydrogens (tertiary/aromatic N) is 1. The first-order valence-corrected chi connectivity index (χ1v) is 7.52. The van der Waals surface area contributed by atoms with Crippen LogP contribution in [-0.2, 0) is 9.53 Å². The topological polar surface area (TPSA) is 129 Å². The molecule has 1 aromatic heterocycles. The lowest BCUT2D eigenvalue weighted by atomic mass is 10.1. The molecule has 2 aromatic rings. The number of carbonyl (C=O) groups is 2. The maximum atomic E-state index is 12.1. The largest absolute Gasteiger partial charge is 0.452 e. The highest BCUT2D eigenvalue weighted by molar-refractivity contribution is 5.96. The molecule has 0 aliphatic heterocycles. The molecule has 0 radical (unpaired) electrons. The Kier molecular flexibility index (Phi) is 5.51. The second-order valence-electron chi connectivity index (χ2n) is 5.56. The number of hydrogen-bond acceptors (Lipinski definition) is 7. The molecule has 136 valence electrons. The molecule has 0 fully saturated rings. The van der Waals surface area contributed by atoms with Gasteiger partial charge in [-0.25, -0.2) is 9.59 Å². The van der Waals surface area contributed by atoms with Crippen molar-refractivity contribution in [2.24, 2.45) is 0 Å². The number of rotatable bonds is 5. The highest BCUT2D eigenvalue weighted by atomic mass is 16.6. The van der Waals surface area contributed by atoms with Crippen LogP contribution in [-0.4, -0.2) is 23.4 Å². The van der Waals surface area contributed by atoms with E-state index in [0.717, 1.165) is 6.07 Å². The lowest BCUT2D eigenvalue weighted by molar-refractivity contribution is -0.385. The van der Waals surface area contributed by atoms with Crippen LogP contribution in [0.25, 0.3) is 0 Å². The van der Waals surface area contributed by atoms with Crippen molar-refractivity contribution in [3.8, 4) is 0 Å². The summed E-state index contributed by atoms with van der Waals surface area (Å²) in [5.41, 5.74) is 0.389. The Hall–Kier alpha value is -3.49. The molecule has 9 nitrogen and oxygen atoms in total. The van der Waals surface area contributed by atoms with Gasteiger partial charge in [0, 0.05) is 23.4 Å². The molecule has 26 heavy (non-hydrogen) atoms. The van der Waals surface area contributed by atoms with E-state index in [9.17, 15) is 24.5 Å². The number of nitro benzene ring substituents is 1. The first kappa shape index (κ1) is 18.8. The lowest BCUT2D eigenvalue weighted by Crippen LogP contribution is -2.22. The molecular formula is C17H16N2O7. The average Bonchev–Trinajstić information content (AvgIpc) is 2.53. The summed E-state index contributed by atoms with van der Waals surface area (Å²) in [6.07, 6.45) is 0. The number of aryl methyl sites for hydroxylation is 3. The van der Waals surface area contributed by atoms with Crippen molar-refractivity contribution < 1.29 is 23.7 Å². The molecule has 2 rings (SSSR count). The molecule has 0 saturated heterocycles. The average molecular weight is 360 g/mol. The number of nitro groups is 1. The van der Waals surface area contributed by atoms with Gasteiger partial charge in [-0.1, -0.05) is 6.07 Å². The number of anilines is 1. The van der Waals surface area contributed by atoms with Gasteiger partial charge >= 0.3 is 11.6 Å². The minimum atomic E-state index is -0.811. The fourth-order valence-corrected chi connectivity index (χ4v) is 2.35. The van der Waals surface area contributed by atoms with E-state index in [1.807, 2.05) is 0 Å². The first-order valence-electron chi connectivity index (χ1n) is 7.52. The van der Waals surface area contributed by atoms with Crippen LogP contribution in [0.15, 0.2) is 33.5 Å². The van der Waals surface area contributed by atoms with Crippen LogP contribution in [0.4, 0.5) is 11.4 Å². The smallest absolute Gasteiger partial charge is 0.342 e. The fourth-order valence-electron chi connectivity index (χ4n) is 2.35. The maximum absolute atomic E-state index is 12.1. The second kappa shape index (κ2) is 7.60. The monoisotopic (exact) mass is 360 g/mol. The Labute approximate surface area is 147 Å². The lowest BCUT2D eigenvalue weighted by Gasteiger charge is -2.09. The number of ether oxygens (including phenoxy) is 1. The van der Waals surface area contributed by atoms with Gasteiger partial charge < -0.3 is 14.5 Å². The molecule has 0 aliphatic rings. The third-order valence-electron chi connectivity index (χ3n) is 3.56. The van der Waals surface area contributed by atoms with Crippen molar-refractivity contribution in [2.75, 3.05) is 11.9 Å². The van der Waals surface area contributed by atoms with Gasteiger partial charge in [-0.05, 0) is 32.4 Å². The van der Waals surface area contributed by atoms with E-state index in [-0.39, 0.29) is 22.7 Å². The van der Waals surface area contributed by atoms with Crippen molar-refractivity contribution in [3.63, 3.8) is 0 Å². The summed E-state index contributed by atoms with van der Waals surface area (Å²) in [5, 5.41) is 13.3. The third-order valence-corrected chi connectivity index (χ3v) is 3.56. The van der Waals surface area contributed by atoms with Crippen LogP contribution in [0.3, 0.4) is 0 Å². The summed E-state index contributed by atoms with van der Waals surface area (Å²) in [7, 11) is 0. The van der Waals surface area contributed by atoms with Crippen molar-refractivity contribution in [2.45, 2.75) is 20.8 Å². The number of nitrogens with one attached hydrogen (secondary N) is 1. The van der Waals surface area contributed by atoms with E-state index >= 15 is 0 Å². The molecular weight excluding hydrogens is 344 g/mol. The summed E-state index contributed by atoms with van der Waals surface area (Å²) < 4.78 is 9.76. The van der Waals surface area contributed by atoms with Crippen molar-refractivity contribution in [1.29, 1.82) is 0 Å². The Morgan fingerprint density at radius 1 is 1.19 bits per heavy atom. The van der Waals surface area contributed by atoms with Crippen molar-refractivity contribution >= 4 is 23.3 Å². The molecule has 1 N–H and O–H groups in total. The number of amides is 1. The zero-order chi connectivity index (χ0) is 19.4. The third kappa shape index (κ3) is 4.32. The Bertz CT molecular complexity index is 920. The predicted octanol–water partition coefficient (Wildman–Crippen LogP) is 2.27. The summed E-state index contributed by atoms with van der Waals surface area (Å²) >= 11 is 0. The quantitative estimate of drug-likeness (QED) is 0.492. The zero-order valence-electron chi connectivity index (χ0n) is 14.3. The molecule has 1 heterocycles. The summed E-state index contributed by atoms with van der Waals surface area (Å²) in [6.45, 7) is 3.97. The van der Waals surface area contributed by atoms with Crippen molar-refractivity contribution in [3.05, 3.63) is 67.3 Å². The van der Waals surface area contributed by atoms with E-state index in [2.05, 4.69) is 5.32 Å². The highest BCUT2D eigenvalue weighted by Gasteiger charge is 2.18. The van der Waals surface area contributed by atoms with Gasteiger partial charge in [0.05, 0.1) is 4.92 Å². The van der Waals surface area contributed by atoms with Gasteiger partial charge in [0.1, 0.15) is 11.3 Å². The van der Waals surface area contributed by atoms with E-state index in [1.165, 1.54) is 25.1 Å². The summed E-state index contributed by atoms with van der Waals surface area (Å²) in [5.74, 6) is -1.38. The van der Waals surface area contributed by atoms with Gasteiger partial charge in [0.2, 0.25) is 0 Å². The SMILES string of the molecule is Cc1ccc(NC(=O)COC(=O)c2c(C)cc(=O)oc2C)cc1[N+](=O)[O-]. The Morgan fingerprint density at radius 3 is 2.50 bits per heavy atom. The molecule has 0 aliphatic carbocycles. The molecule has 0 spiro atoms. The Morgan fingerprint density at radius 2 is 1.88 bits per heavy atom. The number of benzene rings is 1. The second-order valence-corrected chi connectivity index (χ2v) is 5.56. The molecule has 1 aromatic carbocycles. The molecule has 0 unspecified atom stereocenters. The minimum absolute atomic E-state index is 0.0726. The van der Waals surface area contributed by atoms with E-state index in [0.29, 0.717) is 11.1 Å². The normalized spacial score (nSPS) is 10.3. The molecule has 0 saturated carbocycles. The molecule has 0 atom stereocenters. The van der Waals surface area contributed by atoms with E-state index < -0.39 is 29.0 Å². The Balaban J connectivity index is 2.03.